The van der Waals surface area contributed by atoms with E-state index in [9.17, 15) is 24.0 Å². The van der Waals surface area contributed by atoms with E-state index in [-0.39, 0.29) is 30.8 Å². The molecule has 3 saturated heterocycles. The summed E-state index contributed by atoms with van der Waals surface area (Å²) in [6.07, 6.45) is 4.50. The number of imide groups is 2. The van der Waals surface area contributed by atoms with Gasteiger partial charge < -0.3 is 19.9 Å². The SMILES string of the molecule is N#Cc1ccc(OC2CCC(C(=O)Nc3ccc(N4CCC(CN5CCN(c6ccc7c(c6)C(=O)N(C6CCC(=O)NC6=O)C7=O)CC5)CC4)cc3)C2)cc1Cl. The molecule has 1 saturated carbocycles. The number of nitrogens with one attached hydrogen (secondary N) is 2. The van der Waals surface area contributed by atoms with Crippen molar-refractivity contribution in [2.24, 2.45) is 11.8 Å². The first-order chi connectivity index (χ1) is 27.1. The van der Waals surface area contributed by atoms with E-state index in [2.05, 4.69) is 37.5 Å². The third-order valence-electron chi connectivity index (χ3n) is 11.9. The molecule has 0 spiro atoms. The van der Waals surface area contributed by atoms with Gasteiger partial charge in [-0.15, -0.1) is 0 Å². The van der Waals surface area contributed by atoms with Crippen LogP contribution >= 0.6 is 11.6 Å². The van der Waals surface area contributed by atoms with Gasteiger partial charge in [0.2, 0.25) is 17.7 Å². The molecule has 4 aliphatic heterocycles. The second-order valence-corrected chi connectivity index (χ2v) is 15.8. The van der Waals surface area contributed by atoms with Crippen LogP contribution in [0.25, 0.3) is 0 Å². The van der Waals surface area contributed by atoms with E-state index in [4.69, 9.17) is 21.6 Å². The maximum absolute atomic E-state index is 13.3. The monoisotopic (exact) mass is 777 g/mol. The lowest BCUT2D eigenvalue weighted by Gasteiger charge is -2.40. The van der Waals surface area contributed by atoms with Crippen LogP contribution in [0.15, 0.2) is 60.7 Å². The number of nitrogens with zero attached hydrogens (tertiary/aromatic N) is 5. The highest BCUT2D eigenvalue weighted by molar-refractivity contribution is 6.31. The Morgan fingerprint density at radius 3 is 2.25 bits per heavy atom. The first-order valence-corrected chi connectivity index (χ1v) is 19.9. The van der Waals surface area contributed by atoms with Crippen LogP contribution in [-0.2, 0) is 14.4 Å². The van der Waals surface area contributed by atoms with Gasteiger partial charge in [0.25, 0.3) is 11.8 Å². The minimum Gasteiger partial charge on any atom is -0.490 e. The second kappa shape index (κ2) is 16.0. The molecule has 290 valence electrons. The topological polar surface area (TPSA) is 155 Å². The molecule has 8 rings (SSSR count). The summed E-state index contributed by atoms with van der Waals surface area (Å²) in [7, 11) is 0. The molecule has 4 fully saturated rings. The van der Waals surface area contributed by atoms with Crippen LogP contribution in [-0.4, -0.2) is 97.3 Å². The van der Waals surface area contributed by atoms with Crippen LogP contribution in [0.5, 0.6) is 5.75 Å². The average molecular weight is 778 g/mol. The summed E-state index contributed by atoms with van der Waals surface area (Å²) < 4.78 is 6.06. The molecule has 5 aliphatic rings. The third kappa shape index (κ3) is 7.81. The van der Waals surface area contributed by atoms with Crippen LogP contribution in [0.1, 0.15) is 71.2 Å². The Kier molecular flexibility index (Phi) is 10.7. The zero-order chi connectivity index (χ0) is 38.9. The number of benzene rings is 3. The molecule has 1 aliphatic carbocycles. The van der Waals surface area contributed by atoms with Gasteiger partial charge in [0.15, 0.2) is 0 Å². The van der Waals surface area contributed by atoms with Gasteiger partial charge in [-0.3, -0.25) is 39.1 Å². The maximum Gasteiger partial charge on any atom is 0.262 e. The van der Waals surface area contributed by atoms with Crippen molar-refractivity contribution in [1.29, 1.82) is 5.26 Å². The zero-order valence-electron chi connectivity index (χ0n) is 31.0. The summed E-state index contributed by atoms with van der Waals surface area (Å²) in [5, 5.41) is 14.8. The minimum absolute atomic E-state index is 0.000553. The number of halogens is 1. The van der Waals surface area contributed by atoms with Gasteiger partial charge >= 0.3 is 0 Å². The Labute approximate surface area is 330 Å². The largest absolute Gasteiger partial charge is 0.490 e. The number of hydrogen-bond acceptors (Lipinski definition) is 10. The Morgan fingerprint density at radius 1 is 0.821 bits per heavy atom. The van der Waals surface area contributed by atoms with Crippen molar-refractivity contribution >= 4 is 58.2 Å². The number of rotatable bonds is 9. The number of carbonyl (C=O) groups is 5. The molecule has 3 unspecified atom stereocenters. The summed E-state index contributed by atoms with van der Waals surface area (Å²) >= 11 is 6.15. The normalized spacial score (nSPS) is 23.2. The minimum atomic E-state index is -0.971. The molecule has 56 heavy (non-hydrogen) atoms. The van der Waals surface area contributed by atoms with Crippen molar-refractivity contribution in [3.05, 3.63) is 82.4 Å². The highest BCUT2D eigenvalue weighted by Crippen LogP contribution is 2.34. The summed E-state index contributed by atoms with van der Waals surface area (Å²) in [4.78, 5) is 71.7. The highest BCUT2D eigenvalue weighted by atomic mass is 35.5. The average Bonchev–Trinajstić information content (AvgIpc) is 3.77. The number of ether oxygens (including phenoxy) is 1. The molecule has 5 amide bonds. The molecule has 13 nitrogen and oxygen atoms in total. The van der Waals surface area contributed by atoms with Crippen LogP contribution in [0, 0.1) is 23.2 Å². The van der Waals surface area contributed by atoms with Crippen molar-refractivity contribution in [3.8, 4) is 11.8 Å². The maximum atomic E-state index is 13.3. The summed E-state index contributed by atoms with van der Waals surface area (Å²) in [5.74, 6) is -0.891. The number of piperazine rings is 1. The lowest BCUT2D eigenvalue weighted by Crippen LogP contribution is -2.54. The van der Waals surface area contributed by atoms with Crippen molar-refractivity contribution in [2.45, 2.75) is 57.1 Å². The first kappa shape index (κ1) is 37.5. The van der Waals surface area contributed by atoms with Gasteiger partial charge in [-0.2, -0.15) is 5.26 Å². The lowest BCUT2D eigenvalue weighted by molar-refractivity contribution is -0.136. The fraction of sp³-hybridized carbons (Fsp3) is 0.429. The summed E-state index contributed by atoms with van der Waals surface area (Å²) in [6.45, 7) is 6.41. The lowest BCUT2D eigenvalue weighted by atomic mass is 9.95. The van der Waals surface area contributed by atoms with Gasteiger partial charge in [-0.05, 0) is 99.0 Å². The van der Waals surface area contributed by atoms with Gasteiger partial charge in [-0.25, -0.2) is 0 Å². The van der Waals surface area contributed by atoms with Crippen molar-refractivity contribution in [1.82, 2.24) is 15.1 Å². The Hall–Kier alpha value is -5.45. The highest BCUT2D eigenvalue weighted by Gasteiger charge is 2.45. The van der Waals surface area contributed by atoms with Gasteiger partial charge in [0.05, 0.1) is 27.8 Å². The predicted molar refractivity (Wildman–Crippen MR) is 210 cm³/mol. The predicted octanol–water partition coefficient (Wildman–Crippen LogP) is 4.84. The van der Waals surface area contributed by atoms with E-state index in [1.165, 1.54) is 0 Å². The molecular weight excluding hydrogens is 734 g/mol. The van der Waals surface area contributed by atoms with Gasteiger partial charge in [-0.1, -0.05) is 11.6 Å². The standard InChI is InChI=1S/C42H44ClN7O6/c43-36-23-33(9-2-28(36)24-44)56-32-8-1-27(21-32)39(52)45-29-3-5-30(6-4-29)48-15-13-26(14-16-48)25-47-17-19-49(20-18-47)31-7-10-34-35(22-31)42(55)50(41(34)54)37-11-12-38(51)46-40(37)53/h2-7,9-10,22-23,26-27,32,37H,1,8,11-21,25H2,(H,45,52)(H,46,51,53). The van der Waals surface area contributed by atoms with Crippen LogP contribution < -0.4 is 25.2 Å². The van der Waals surface area contributed by atoms with Crippen molar-refractivity contribution in [3.63, 3.8) is 0 Å². The number of hydrogen-bond donors (Lipinski definition) is 2. The number of piperidine rings is 2. The van der Waals surface area contributed by atoms with E-state index >= 15 is 0 Å². The number of fused-ring (bicyclic) bond motifs is 1. The van der Waals surface area contributed by atoms with Crippen molar-refractivity contribution < 1.29 is 28.7 Å². The molecule has 0 aromatic heterocycles. The molecule has 3 aromatic carbocycles. The van der Waals surface area contributed by atoms with E-state index in [0.717, 1.165) is 93.5 Å². The van der Waals surface area contributed by atoms with Gasteiger partial charge in [0, 0.05) is 81.3 Å². The summed E-state index contributed by atoms with van der Waals surface area (Å²) in [5.41, 5.74) is 3.83. The quantitative estimate of drug-likeness (QED) is 0.289. The van der Waals surface area contributed by atoms with Crippen molar-refractivity contribution in [2.75, 3.05) is 60.9 Å². The van der Waals surface area contributed by atoms with E-state index in [1.54, 1.807) is 30.3 Å². The molecule has 3 atom stereocenters. The zero-order valence-corrected chi connectivity index (χ0v) is 31.8. The molecule has 0 bridgehead atoms. The number of nitriles is 1. The fourth-order valence-corrected chi connectivity index (χ4v) is 8.93. The van der Waals surface area contributed by atoms with E-state index < -0.39 is 29.7 Å². The molecule has 14 heteroatoms. The molecule has 4 heterocycles. The Bertz CT molecular complexity index is 2090. The summed E-state index contributed by atoms with van der Waals surface area (Å²) in [6, 6.07) is 19.6. The van der Waals surface area contributed by atoms with Crippen LogP contribution in [0.3, 0.4) is 0 Å². The fourth-order valence-electron chi connectivity index (χ4n) is 8.72. The number of amides is 5. The molecule has 2 N–H and O–H groups in total. The molecule has 0 radical (unpaired) electrons. The van der Waals surface area contributed by atoms with E-state index in [0.29, 0.717) is 39.8 Å². The first-order valence-electron chi connectivity index (χ1n) is 19.5. The Balaban J connectivity index is 0.762. The molecule has 3 aromatic rings. The molecular formula is C42H44ClN7O6. The number of carbonyl (C=O) groups excluding carboxylic acids is 5. The van der Waals surface area contributed by atoms with Gasteiger partial charge in [0.1, 0.15) is 17.9 Å². The van der Waals surface area contributed by atoms with Crippen LogP contribution in [0.4, 0.5) is 17.1 Å². The smallest absolute Gasteiger partial charge is 0.262 e. The third-order valence-corrected chi connectivity index (χ3v) is 12.2. The van der Waals surface area contributed by atoms with Crippen LogP contribution in [0.2, 0.25) is 5.02 Å². The Morgan fingerprint density at radius 2 is 1.54 bits per heavy atom. The second-order valence-electron chi connectivity index (χ2n) is 15.4. The number of anilines is 3. The van der Waals surface area contributed by atoms with E-state index in [1.807, 2.05) is 24.3 Å².